The van der Waals surface area contributed by atoms with Gasteiger partial charge in [-0.1, -0.05) is 61.4 Å². The molecule has 1 aliphatic carbocycles. The predicted octanol–water partition coefficient (Wildman–Crippen LogP) is 5.37. The van der Waals surface area contributed by atoms with Gasteiger partial charge in [0, 0.05) is 36.9 Å². The molecule has 7 nitrogen and oxygen atoms in total. The van der Waals surface area contributed by atoms with Crippen LogP contribution in [0.15, 0.2) is 53.5 Å². The molecule has 2 fully saturated rings. The quantitative estimate of drug-likeness (QED) is 0.434. The Labute approximate surface area is 196 Å². The van der Waals surface area contributed by atoms with Crippen molar-refractivity contribution in [3.8, 4) is 0 Å². The number of thioether (sulfide) groups is 1. The van der Waals surface area contributed by atoms with E-state index in [-0.39, 0.29) is 29.7 Å². The Bertz CT molecular complexity index is 1030. The first-order chi connectivity index (χ1) is 16.0. The topological polar surface area (TPSA) is 87.8 Å². The first-order valence-electron chi connectivity index (χ1n) is 11.2. The Morgan fingerprint density at radius 3 is 2.67 bits per heavy atom. The molecule has 1 aliphatic heterocycles. The summed E-state index contributed by atoms with van der Waals surface area (Å²) in [5.74, 6) is -0.365. The molecule has 4 rings (SSSR count). The zero-order valence-corrected chi connectivity index (χ0v) is 19.1. The predicted molar refractivity (Wildman–Crippen MR) is 129 cm³/mol. The number of nitro benzene ring substituents is 1. The number of rotatable bonds is 7. The van der Waals surface area contributed by atoms with Crippen molar-refractivity contribution in [2.45, 2.75) is 57.2 Å². The smallest absolute Gasteiger partial charge is 0.271 e. The molecule has 2 aromatic rings. The minimum atomic E-state index is -0.699. The number of non-ortho nitro benzene ring substituents is 1. The van der Waals surface area contributed by atoms with Crippen molar-refractivity contribution in [2.75, 3.05) is 11.1 Å². The van der Waals surface area contributed by atoms with Crippen molar-refractivity contribution in [3.05, 3.63) is 70.0 Å². The highest BCUT2D eigenvalue weighted by atomic mass is 32.2. The Hall–Kier alpha value is -2.94. The zero-order chi connectivity index (χ0) is 23.2. The van der Waals surface area contributed by atoms with E-state index in [4.69, 9.17) is 4.99 Å². The summed E-state index contributed by atoms with van der Waals surface area (Å²) in [4.78, 5) is 30.4. The second kappa shape index (κ2) is 10.8. The highest BCUT2D eigenvalue weighted by molar-refractivity contribution is 8.14. The van der Waals surface area contributed by atoms with Crippen molar-refractivity contribution < 1.29 is 14.1 Å². The molecule has 1 heterocycles. The van der Waals surface area contributed by atoms with Crippen LogP contribution in [-0.2, 0) is 11.3 Å². The van der Waals surface area contributed by atoms with Crippen LogP contribution in [-0.4, -0.2) is 38.7 Å². The zero-order valence-electron chi connectivity index (χ0n) is 18.3. The number of amidine groups is 1. The molecule has 0 aromatic heterocycles. The molecule has 1 saturated heterocycles. The molecule has 9 heteroatoms. The fourth-order valence-corrected chi connectivity index (χ4v) is 5.50. The minimum Gasteiger partial charge on any atom is -0.343 e. The van der Waals surface area contributed by atoms with Crippen LogP contribution in [0.1, 0.15) is 44.1 Å². The lowest BCUT2D eigenvalue weighted by atomic mass is 9.96. The molecule has 2 aromatic carbocycles. The average Bonchev–Trinajstić information content (AvgIpc) is 3.17. The summed E-state index contributed by atoms with van der Waals surface area (Å²) < 4.78 is 14.1. The number of aliphatic imine (C=N–C) groups is 1. The number of benzene rings is 2. The van der Waals surface area contributed by atoms with Gasteiger partial charge >= 0.3 is 0 Å². The number of amides is 1. The van der Waals surface area contributed by atoms with E-state index in [0.717, 1.165) is 41.8 Å². The lowest BCUT2D eigenvalue weighted by Gasteiger charge is -2.27. The summed E-state index contributed by atoms with van der Waals surface area (Å²) in [6.07, 6.45) is 6.00. The van der Waals surface area contributed by atoms with Crippen LogP contribution >= 0.6 is 11.8 Å². The fraction of sp³-hybridized carbons (Fsp3) is 0.417. The van der Waals surface area contributed by atoms with Gasteiger partial charge in [0.1, 0.15) is 5.82 Å². The second-order valence-corrected chi connectivity index (χ2v) is 9.44. The van der Waals surface area contributed by atoms with Gasteiger partial charge in [0.15, 0.2) is 5.17 Å². The minimum absolute atomic E-state index is 0.0979. The van der Waals surface area contributed by atoms with Crippen molar-refractivity contribution in [1.29, 1.82) is 0 Å². The molecule has 0 radical (unpaired) electrons. The van der Waals surface area contributed by atoms with Crippen LogP contribution in [0.25, 0.3) is 0 Å². The number of nitrogens with zero attached hydrogens (tertiary/aromatic N) is 3. The van der Waals surface area contributed by atoms with E-state index < -0.39 is 10.7 Å². The van der Waals surface area contributed by atoms with Crippen molar-refractivity contribution in [2.24, 2.45) is 4.99 Å². The van der Waals surface area contributed by atoms with Crippen molar-refractivity contribution >= 4 is 34.2 Å². The molecule has 1 N–H and O–H groups in total. The average molecular weight is 471 g/mol. The first kappa shape index (κ1) is 23.2. The van der Waals surface area contributed by atoms with Crippen LogP contribution in [0.2, 0.25) is 0 Å². The highest BCUT2D eigenvalue weighted by Gasteiger charge is 2.33. The second-order valence-electron chi connectivity index (χ2n) is 8.46. The van der Waals surface area contributed by atoms with Gasteiger partial charge in [-0.2, -0.15) is 0 Å². The number of hydrogen-bond acceptors (Lipinski definition) is 5. The van der Waals surface area contributed by atoms with Gasteiger partial charge in [-0.3, -0.25) is 19.9 Å². The van der Waals surface area contributed by atoms with Crippen LogP contribution < -0.4 is 5.32 Å². The number of anilines is 1. The van der Waals surface area contributed by atoms with E-state index in [1.165, 1.54) is 19.3 Å². The van der Waals surface area contributed by atoms with E-state index in [2.05, 4.69) is 22.3 Å². The van der Waals surface area contributed by atoms with Crippen LogP contribution in [0, 0.1) is 15.9 Å². The first-order valence-corrected chi connectivity index (χ1v) is 12.2. The highest BCUT2D eigenvalue weighted by Crippen LogP contribution is 2.31. The standard InChI is InChI=1S/C24H27FN4O3S/c25-21-12-11-19(29(31)32)13-22(21)27-23(30)14-20-16-33-24(26-18-9-5-2-6-10-18)28(20)15-17-7-3-1-4-8-17/h1,3-4,7-8,11-13,18,20H,2,5-6,9-10,14-16H2,(H,27,30). The van der Waals surface area contributed by atoms with E-state index >= 15 is 0 Å². The van der Waals surface area contributed by atoms with Gasteiger partial charge < -0.3 is 10.2 Å². The van der Waals surface area contributed by atoms with Crippen LogP contribution in [0.3, 0.4) is 0 Å². The molecule has 1 unspecified atom stereocenters. The summed E-state index contributed by atoms with van der Waals surface area (Å²) in [7, 11) is 0. The van der Waals surface area contributed by atoms with Crippen molar-refractivity contribution in [1.82, 2.24) is 4.90 Å². The Morgan fingerprint density at radius 2 is 1.94 bits per heavy atom. The normalized spacial score (nSPS) is 20.2. The number of carbonyl (C=O) groups excluding carboxylic acids is 1. The molecule has 2 aliphatic rings. The van der Waals surface area contributed by atoms with E-state index in [0.29, 0.717) is 18.3 Å². The van der Waals surface area contributed by atoms with Gasteiger partial charge in [0.25, 0.3) is 5.69 Å². The van der Waals surface area contributed by atoms with Gasteiger partial charge in [-0.25, -0.2) is 4.39 Å². The summed E-state index contributed by atoms with van der Waals surface area (Å²) >= 11 is 1.66. The third-order valence-electron chi connectivity index (χ3n) is 6.01. The maximum Gasteiger partial charge on any atom is 0.271 e. The molecular formula is C24H27FN4O3S. The van der Waals surface area contributed by atoms with Gasteiger partial charge in [0.2, 0.25) is 5.91 Å². The molecule has 1 amide bonds. The van der Waals surface area contributed by atoms with Crippen LogP contribution in [0.4, 0.5) is 15.8 Å². The van der Waals surface area contributed by atoms with E-state index in [1.807, 2.05) is 18.2 Å². The SMILES string of the molecule is O=C(CC1CSC(=NC2CCCCC2)N1Cc1ccccc1)Nc1cc([N+](=O)[O-])ccc1F. The maximum atomic E-state index is 14.1. The summed E-state index contributed by atoms with van der Waals surface area (Å²) in [6.45, 7) is 0.641. The molecular weight excluding hydrogens is 443 g/mol. The lowest BCUT2D eigenvalue weighted by Crippen LogP contribution is -2.37. The Balaban J connectivity index is 1.49. The summed E-state index contributed by atoms with van der Waals surface area (Å²) in [5.41, 5.74) is 0.688. The monoisotopic (exact) mass is 470 g/mol. The molecule has 0 spiro atoms. The number of hydrogen-bond donors (Lipinski definition) is 1. The molecule has 0 bridgehead atoms. The summed E-state index contributed by atoms with van der Waals surface area (Å²) in [5, 5.41) is 14.5. The maximum absolute atomic E-state index is 14.1. The van der Waals surface area contributed by atoms with Crippen LogP contribution in [0.5, 0.6) is 0 Å². The van der Waals surface area contributed by atoms with Gasteiger partial charge in [-0.05, 0) is 24.5 Å². The van der Waals surface area contributed by atoms with E-state index in [1.54, 1.807) is 11.8 Å². The van der Waals surface area contributed by atoms with Gasteiger partial charge in [0.05, 0.1) is 16.7 Å². The largest absolute Gasteiger partial charge is 0.343 e. The third kappa shape index (κ3) is 6.10. The molecule has 1 saturated carbocycles. The molecule has 33 heavy (non-hydrogen) atoms. The number of nitro groups is 1. The fourth-order valence-electron chi connectivity index (χ4n) is 4.26. The van der Waals surface area contributed by atoms with Gasteiger partial charge in [-0.15, -0.1) is 0 Å². The Kier molecular flexibility index (Phi) is 7.59. The lowest BCUT2D eigenvalue weighted by molar-refractivity contribution is -0.384. The molecule has 1 atom stereocenters. The van der Waals surface area contributed by atoms with E-state index in [9.17, 15) is 19.3 Å². The number of carbonyl (C=O) groups is 1. The van der Waals surface area contributed by atoms with Crippen molar-refractivity contribution in [3.63, 3.8) is 0 Å². The summed E-state index contributed by atoms with van der Waals surface area (Å²) in [6, 6.07) is 13.4. The third-order valence-corrected chi connectivity index (χ3v) is 7.16. The Morgan fingerprint density at radius 1 is 1.18 bits per heavy atom. The molecule has 174 valence electrons. The number of halogens is 1. The number of nitrogens with one attached hydrogen (secondary N) is 1.